The molecule has 0 aromatic rings. The fourth-order valence-corrected chi connectivity index (χ4v) is 3.62. The number of carboxylic acid groups (broad SMARTS) is 8. The zero-order valence-electron chi connectivity index (χ0n) is 27.8. The molecule has 0 aliphatic heterocycles. The molecule has 0 saturated heterocycles. The molecule has 16 nitrogen and oxygen atoms in total. The van der Waals surface area contributed by atoms with Crippen molar-refractivity contribution in [3.63, 3.8) is 0 Å². The first-order valence-corrected chi connectivity index (χ1v) is 16.3. The van der Waals surface area contributed by atoms with E-state index in [1.54, 1.807) is 0 Å². The van der Waals surface area contributed by atoms with Gasteiger partial charge >= 0.3 is 47.8 Å². The van der Waals surface area contributed by atoms with Gasteiger partial charge in [-0.3, -0.25) is 38.4 Å². The summed E-state index contributed by atoms with van der Waals surface area (Å²) < 4.78 is 0. The zero-order chi connectivity index (χ0) is 37.6. The molecule has 0 bridgehead atoms. The summed E-state index contributed by atoms with van der Waals surface area (Å²) in [6.07, 6.45) is 13.7. The summed E-state index contributed by atoms with van der Waals surface area (Å²) in [7, 11) is 0. The van der Waals surface area contributed by atoms with Crippen molar-refractivity contribution >= 4 is 47.8 Å². The van der Waals surface area contributed by atoms with Gasteiger partial charge in [0.25, 0.3) is 0 Å². The van der Waals surface area contributed by atoms with E-state index in [1.165, 1.54) is 0 Å². The van der Waals surface area contributed by atoms with E-state index in [2.05, 4.69) is 0 Å². The Morgan fingerprint density at radius 3 is 0.375 bits per heavy atom. The summed E-state index contributed by atoms with van der Waals surface area (Å²) in [6, 6.07) is 0. The minimum atomic E-state index is -0.870. The molecule has 0 aromatic heterocycles. The van der Waals surface area contributed by atoms with Crippen molar-refractivity contribution in [1.29, 1.82) is 0 Å². The third-order valence-electron chi connectivity index (χ3n) is 6.13. The van der Waals surface area contributed by atoms with Gasteiger partial charge in [-0.05, 0) is 51.4 Å². The molecule has 0 aliphatic rings. The molecular weight excluding hydrogens is 640 g/mol. The smallest absolute Gasteiger partial charge is 0.303 e. The molecule has 0 radical (unpaired) electrons. The van der Waals surface area contributed by atoms with Crippen molar-refractivity contribution in [2.75, 3.05) is 0 Å². The first-order valence-electron chi connectivity index (χ1n) is 16.3. The predicted octanol–water partition coefficient (Wildman–Crippen LogP) is 5.98. The number of rotatable bonds is 28. The molecule has 0 saturated carbocycles. The summed E-state index contributed by atoms with van der Waals surface area (Å²) in [5.74, 6) is -6.44. The molecule has 16 heteroatoms. The van der Waals surface area contributed by atoms with Crippen molar-refractivity contribution in [2.45, 2.75) is 154 Å². The van der Waals surface area contributed by atoms with Crippen molar-refractivity contribution in [2.24, 2.45) is 0 Å². The number of aliphatic carboxylic acids is 8. The standard InChI is InChI=1S/2C10H18O4.2C6H10O4/c2*11-9(12)7-5-3-1-2-4-6-8-10(13)14;2*7-5(8)3-1-2-4-6(9)10/h2*1-8H2,(H,11,12)(H,13,14);2*1-4H2,(H,7,8)(H,9,10). The maximum Gasteiger partial charge on any atom is 0.303 e. The molecule has 0 fully saturated rings. The minimum absolute atomic E-state index is 0.0628. The van der Waals surface area contributed by atoms with E-state index in [-0.39, 0.29) is 51.4 Å². The van der Waals surface area contributed by atoms with Crippen LogP contribution in [0.4, 0.5) is 0 Å². The van der Waals surface area contributed by atoms with E-state index in [9.17, 15) is 38.4 Å². The lowest BCUT2D eigenvalue weighted by atomic mass is 10.1. The highest BCUT2D eigenvalue weighted by molar-refractivity contribution is 5.69. The van der Waals surface area contributed by atoms with Crippen LogP contribution in [0.15, 0.2) is 0 Å². The van der Waals surface area contributed by atoms with Crippen LogP contribution in [0.1, 0.15) is 154 Å². The van der Waals surface area contributed by atoms with E-state index < -0.39 is 47.8 Å². The lowest BCUT2D eigenvalue weighted by Gasteiger charge is -1.98. The first kappa shape index (κ1) is 50.6. The lowest BCUT2D eigenvalue weighted by molar-refractivity contribution is -0.139. The average Bonchev–Trinajstić information content (AvgIpc) is 2.96. The maximum atomic E-state index is 10.1. The van der Waals surface area contributed by atoms with Crippen LogP contribution < -0.4 is 0 Å². The number of hydrogen-bond acceptors (Lipinski definition) is 8. The Morgan fingerprint density at radius 2 is 0.271 bits per heavy atom. The fraction of sp³-hybridized carbons (Fsp3) is 0.750. The Kier molecular flexibility index (Phi) is 41.1. The van der Waals surface area contributed by atoms with Crippen molar-refractivity contribution < 1.29 is 79.2 Å². The van der Waals surface area contributed by atoms with E-state index in [0.29, 0.717) is 25.7 Å². The third-order valence-corrected chi connectivity index (χ3v) is 6.13. The fourth-order valence-electron chi connectivity index (χ4n) is 3.62. The van der Waals surface area contributed by atoms with Gasteiger partial charge in [-0.25, -0.2) is 0 Å². The van der Waals surface area contributed by atoms with Gasteiger partial charge in [-0.2, -0.15) is 0 Å². The summed E-state index contributed by atoms with van der Waals surface area (Å²) in [4.78, 5) is 80.2. The summed E-state index contributed by atoms with van der Waals surface area (Å²) in [5, 5.41) is 65.9. The lowest BCUT2D eigenvalue weighted by Crippen LogP contribution is -1.97. The van der Waals surface area contributed by atoms with Crippen LogP contribution >= 0.6 is 0 Å². The third kappa shape index (κ3) is 68.8. The summed E-state index contributed by atoms with van der Waals surface area (Å²) in [6.45, 7) is 0. The van der Waals surface area contributed by atoms with Crippen molar-refractivity contribution in [1.82, 2.24) is 0 Å². The monoisotopic (exact) mass is 696 g/mol. The van der Waals surface area contributed by atoms with E-state index in [4.69, 9.17) is 40.9 Å². The van der Waals surface area contributed by atoms with Crippen LogP contribution in [0.3, 0.4) is 0 Å². The van der Waals surface area contributed by atoms with Gasteiger partial charge in [-0.1, -0.05) is 51.4 Å². The number of carboxylic acids is 8. The average molecular weight is 697 g/mol. The second-order valence-electron chi connectivity index (χ2n) is 10.8. The Bertz CT molecular complexity index is 757. The Balaban J connectivity index is -0.000000272. The molecule has 280 valence electrons. The van der Waals surface area contributed by atoms with Crippen molar-refractivity contribution in [3.05, 3.63) is 0 Å². The Morgan fingerprint density at radius 1 is 0.188 bits per heavy atom. The van der Waals surface area contributed by atoms with Crippen LogP contribution in [-0.4, -0.2) is 88.6 Å². The normalized spacial score (nSPS) is 9.67. The quantitative estimate of drug-likeness (QED) is 0.0436. The second-order valence-corrected chi connectivity index (χ2v) is 10.8. The highest BCUT2D eigenvalue weighted by atomic mass is 16.4. The Hall–Kier alpha value is -4.24. The van der Waals surface area contributed by atoms with E-state index >= 15 is 0 Å². The van der Waals surface area contributed by atoms with E-state index in [1.807, 2.05) is 0 Å². The summed E-state index contributed by atoms with van der Waals surface area (Å²) >= 11 is 0. The molecule has 0 atom stereocenters. The van der Waals surface area contributed by atoms with Crippen LogP contribution in [-0.2, 0) is 38.4 Å². The molecule has 0 spiro atoms. The van der Waals surface area contributed by atoms with Crippen LogP contribution in [0.25, 0.3) is 0 Å². The molecule has 0 unspecified atom stereocenters. The summed E-state index contributed by atoms with van der Waals surface area (Å²) in [5.41, 5.74) is 0. The SMILES string of the molecule is O=C(O)CCCCC(=O)O.O=C(O)CCCCC(=O)O.O=C(O)CCCCCCCCC(=O)O.O=C(O)CCCCCCCCC(=O)O. The molecule has 0 aromatic carbocycles. The van der Waals surface area contributed by atoms with Gasteiger partial charge in [0, 0.05) is 51.4 Å². The number of carbonyl (C=O) groups is 8. The molecule has 8 N–H and O–H groups in total. The second kappa shape index (κ2) is 38.9. The predicted molar refractivity (Wildman–Crippen MR) is 172 cm³/mol. The molecule has 0 rings (SSSR count). The highest BCUT2D eigenvalue weighted by Crippen LogP contribution is 2.09. The molecule has 0 heterocycles. The van der Waals surface area contributed by atoms with Crippen LogP contribution in [0.2, 0.25) is 0 Å². The zero-order valence-corrected chi connectivity index (χ0v) is 27.8. The maximum absolute atomic E-state index is 10.1. The minimum Gasteiger partial charge on any atom is -0.481 e. The van der Waals surface area contributed by atoms with Gasteiger partial charge in [-0.15, -0.1) is 0 Å². The van der Waals surface area contributed by atoms with Crippen LogP contribution in [0, 0.1) is 0 Å². The first-order chi connectivity index (χ1) is 22.5. The van der Waals surface area contributed by atoms with Gasteiger partial charge in [0.2, 0.25) is 0 Å². The largest absolute Gasteiger partial charge is 0.481 e. The van der Waals surface area contributed by atoms with Gasteiger partial charge in [0.1, 0.15) is 0 Å². The molecule has 0 amide bonds. The van der Waals surface area contributed by atoms with Crippen LogP contribution in [0.5, 0.6) is 0 Å². The molecule has 0 aliphatic carbocycles. The van der Waals surface area contributed by atoms with Gasteiger partial charge < -0.3 is 40.9 Å². The topological polar surface area (TPSA) is 298 Å². The highest BCUT2D eigenvalue weighted by Gasteiger charge is 2.01. The Labute approximate surface area is 281 Å². The van der Waals surface area contributed by atoms with Gasteiger partial charge in [0.15, 0.2) is 0 Å². The molecular formula is C32H56O16. The number of unbranched alkanes of at least 4 members (excludes halogenated alkanes) is 12. The number of hydrogen-bond donors (Lipinski definition) is 8. The van der Waals surface area contributed by atoms with Crippen molar-refractivity contribution in [3.8, 4) is 0 Å². The molecule has 48 heavy (non-hydrogen) atoms. The van der Waals surface area contributed by atoms with Gasteiger partial charge in [0.05, 0.1) is 0 Å². The van der Waals surface area contributed by atoms with E-state index in [0.717, 1.165) is 77.0 Å².